The largest absolute Gasteiger partial charge is 0.333 e. The van der Waals surface area contributed by atoms with E-state index in [0.717, 1.165) is 11.1 Å². The van der Waals surface area contributed by atoms with E-state index in [1.54, 1.807) is 36.4 Å². The van der Waals surface area contributed by atoms with E-state index in [2.05, 4.69) is 5.73 Å². The molecule has 0 aromatic heterocycles. The molecule has 2 rings (SSSR count). The van der Waals surface area contributed by atoms with Crippen LogP contribution in [0.25, 0.3) is 11.1 Å². The molecular formula is C13H11Cl4N. The zero-order valence-corrected chi connectivity index (χ0v) is 12.6. The van der Waals surface area contributed by atoms with Crippen molar-refractivity contribution in [3.63, 3.8) is 0 Å². The van der Waals surface area contributed by atoms with Crippen LogP contribution >= 0.6 is 46.4 Å². The first-order chi connectivity index (χ1) is 8.58. The van der Waals surface area contributed by atoms with Gasteiger partial charge in [0.1, 0.15) is 0 Å². The van der Waals surface area contributed by atoms with E-state index in [9.17, 15) is 0 Å². The molecule has 0 spiro atoms. The molecule has 96 valence electrons. The highest BCUT2D eigenvalue weighted by atomic mass is 35.5. The first kappa shape index (κ1) is 15.6. The standard InChI is InChI=1S/C12H6Cl4.CH5N/c13-7-1-3-11(15)9(5-7)10-6-8(14)2-4-12(10)16;1-2/h1-6H;2H2,1H3. The molecule has 0 aliphatic carbocycles. The zero-order valence-electron chi connectivity index (χ0n) is 9.55. The summed E-state index contributed by atoms with van der Waals surface area (Å²) in [5.41, 5.74) is 6.06. The quantitative estimate of drug-likeness (QED) is 0.732. The Morgan fingerprint density at radius 3 is 1.33 bits per heavy atom. The number of benzene rings is 2. The highest BCUT2D eigenvalue weighted by Crippen LogP contribution is 2.36. The molecule has 2 N–H and O–H groups in total. The third-order valence-corrected chi connectivity index (χ3v) is 3.28. The van der Waals surface area contributed by atoms with E-state index in [0.29, 0.717) is 20.1 Å². The molecule has 0 atom stereocenters. The van der Waals surface area contributed by atoms with Crippen LogP contribution in [0, 0.1) is 0 Å². The van der Waals surface area contributed by atoms with Gasteiger partial charge in [-0.1, -0.05) is 46.4 Å². The summed E-state index contributed by atoms with van der Waals surface area (Å²) in [5, 5.41) is 2.40. The van der Waals surface area contributed by atoms with Gasteiger partial charge in [-0.15, -0.1) is 0 Å². The number of rotatable bonds is 1. The average Bonchev–Trinajstić information content (AvgIpc) is 2.38. The molecule has 0 heterocycles. The van der Waals surface area contributed by atoms with E-state index in [1.807, 2.05) is 0 Å². The molecule has 2 aromatic carbocycles. The first-order valence-corrected chi connectivity index (χ1v) is 6.57. The van der Waals surface area contributed by atoms with Crippen molar-refractivity contribution >= 4 is 46.4 Å². The predicted octanol–water partition coefficient (Wildman–Crippen LogP) is 5.54. The van der Waals surface area contributed by atoms with Crippen LogP contribution in [-0.2, 0) is 0 Å². The smallest absolute Gasteiger partial charge is 0.0485 e. The van der Waals surface area contributed by atoms with Gasteiger partial charge in [-0.2, -0.15) is 0 Å². The Bertz CT molecular complexity index is 491. The minimum absolute atomic E-state index is 0.591. The molecule has 0 unspecified atom stereocenters. The molecule has 0 amide bonds. The topological polar surface area (TPSA) is 26.0 Å². The average molecular weight is 323 g/mol. The molecule has 2 aromatic rings. The van der Waals surface area contributed by atoms with Crippen molar-refractivity contribution in [2.75, 3.05) is 7.05 Å². The van der Waals surface area contributed by atoms with Crippen molar-refractivity contribution in [2.45, 2.75) is 0 Å². The van der Waals surface area contributed by atoms with Gasteiger partial charge in [-0.25, -0.2) is 0 Å². The molecule has 0 aliphatic heterocycles. The SMILES string of the molecule is CN.Clc1ccc(Cl)c(-c2cc(Cl)ccc2Cl)c1. The fraction of sp³-hybridized carbons (Fsp3) is 0.0769. The fourth-order valence-corrected chi connectivity index (χ4v) is 2.19. The van der Waals surface area contributed by atoms with Gasteiger partial charge in [0.15, 0.2) is 0 Å². The van der Waals surface area contributed by atoms with E-state index in [1.165, 1.54) is 7.05 Å². The molecule has 0 bridgehead atoms. The lowest BCUT2D eigenvalue weighted by Crippen LogP contribution is -1.82. The Labute approximate surface area is 126 Å². The van der Waals surface area contributed by atoms with Crippen LogP contribution in [0.2, 0.25) is 20.1 Å². The van der Waals surface area contributed by atoms with Crippen LogP contribution in [0.4, 0.5) is 0 Å². The fourth-order valence-electron chi connectivity index (χ4n) is 1.41. The van der Waals surface area contributed by atoms with Crippen LogP contribution in [-0.4, -0.2) is 7.05 Å². The Kier molecular flexibility index (Phi) is 6.27. The third kappa shape index (κ3) is 3.78. The van der Waals surface area contributed by atoms with Crippen molar-refractivity contribution in [3.05, 3.63) is 56.5 Å². The van der Waals surface area contributed by atoms with Gasteiger partial charge < -0.3 is 5.73 Å². The number of hydrogen-bond donors (Lipinski definition) is 1. The van der Waals surface area contributed by atoms with Crippen LogP contribution in [0.15, 0.2) is 36.4 Å². The molecule has 0 saturated carbocycles. The lowest BCUT2D eigenvalue weighted by atomic mass is 10.1. The maximum Gasteiger partial charge on any atom is 0.0485 e. The molecular weight excluding hydrogens is 312 g/mol. The summed E-state index contributed by atoms with van der Waals surface area (Å²) in [6, 6.07) is 10.5. The van der Waals surface area contributed by atoms with Crippen molar-refractivity contribution in [1.29, 1.82) is 0 Å². The molecule has 0 radical (unpaired) electrons. The summed E-state index contributed by atoms with van der Waals surface area (Å²) in [4.78, 5) is 0. The second-order valence-electron chi connectivity index (χ2n) is 3.25. The molecule has 0 saturated heterocycles. The van der Waals surface area contributed by atoms with E-state index in [-0.39, 0.29) is 0 Å². The summed E-state index contributed by atoms with van der Waals surface area (Å²) in [6.07, 6.45) is 0. The van der Waals surface area contributed by atoms with Crippen molar-refractivity contribution in [3.8, 4) is 11.1 Å². The Balaban J connectivity index is 0.000000771. The summed E-state index contributed by atoms with van der Waals surface area (Å²) in [5.74, 6) is 0. The summed E-state index contributed by atoms with van der Waals surface area (Å²) in [7, 11) is 1.50. The Hall–Kier alpha value is -0.440. The summed E-state index contributed by atoms with van der Waals surface area (Å²) >= 11 is 24.0. The second-order valence-corrected chi connectivity index (χ2v) is 4.94. The van der Waals surface area contributed by atoms with Gasteiger partial charge in [0.05, 0.1) is 0 Å². The minimum Gasteiger partial charge on any atom is -0.333 e. The van der Waals surface area contributed by atoms with Crippen LogP contribution < -0.4 is 5.73 Å². The third-order valence-electron chi connectivity index (χ3n) is 2.15. The summed E-state index contributed by atoms with van der Waals surface area (Å²) in [6.45, 7) is 0. The van der Waals surface area contributed by atoms with Gasteiger partial charge in [-0.3, -0.25) is 0 Å². The normalized spacial score (nSPS) is 9.67. The van der Waals surface area contributed by atoms with E-state index < -0.39 is 0 Å². The van der Waals surface area contributed by atoms with Crippen molar-refractivity contribution in [2.24, 2.45) is 5.73 Å². The van der Waals surface area contributed by atoms with Gasteiger partial charge in [-0.05, 0) is 43.4 Å². The second kappa shape index (κ2) is 7.22. The predicted molar refractivity (Wildman–Crippen MR) is 82.0 cm³/mol. The maximum absolute atomic E-state index is 6.09. The van der Waals surface area contributed by atoms with E-state index >= 15 is 0 Å². The van der Waals surface area contributed by atoms with Crippen LogP contribution in [0.1, 0.15) is 0 Å². The van der Waals surface area contributed by atoms with Gasteiger partial charge in [0.2, 0.25) is 0 Å². The first-order valence-electron chi connectivity index (χ1n) is 5.06. The molecule has 0 fully saturated rings. The molecule has 18 heavy (non-hydrogen) atoms. The van der Waals surface area contributed by atoms with Crippen LogP contribution in [0.5, 0.6) is 0 Å². The van der Waals surface area contributed by atoms with Crippen molar-refractivity contribution < 1.29 is 0 Å². The van der Waals surface area contributed by atoms with Crippen molar-refractivity contribution in [1.82, 2.24) is 0 Å². The maximum atomic E-state index is 6.09. The molecule has 5 heteroatoms. The minimum atomic E-state index is 0.591. The number of hydrogen-bond acceptors (Lipinski definition) is 1. The number of nitrogens with two attached hydrogens (primary N) is 1. The lowest BCUT2D eigenvalue weighted by Gasteiger charge is -2.07. The Morgan fingerprint density at radius 1 is 0.667 bits per heavy atom. The van der Waals surface area contributed by atoms with Crippen LogP contribution in [0.3, 0.4) is 0 Å². The summed E-state index contributed by atoms with van der Waals surface area (Å²) < 4.78 is 0. The zero-order chi connectivity index (χ0) is 13.7. The monoisotopic (exact) mass is 321 g/mol. The highest BCUT2D eigenvalue weighted by molar-refractivity contribution is 6.38. The lowest BCUT2D eigenvalue weighted by molar-refractivity contribution is 1.48. The molecule has 0 aliphatic rings. The molecule has 1 nitrogen and oxygen atoms in total. The Morgan fingerprint density at radius 2 is 1.00 bits per heavy atom. The number of halogens is 4. The van der Waals surface area contributed by atoms with Gasteiger partial charge >= 0.3 is 0 Å². The van der Waals surface area contributed by atoms with E-state index in [4.69, 9.17) is 46.4 Å². The van der Waals surface area contributed by atoms with Gasteiger partial charge in [0, 0.05) is 31.2 Å². The van der Waals surface area contributed by atoms with Gasteiger partial charge in [0.25, 0.3) is 0 Å². The highest BCUT2D eigenvalue weighted by Gasteiger charge is 2.09.